The predicted molar refractivity (Wildman–Crippen MR) is 93.1 cm³/mol. The van der Waals surface area contributed by atoms with Crippen LogP contribution in [0.15, 0.2) is 78.9 Å². The van der Waals surface area contributed by atoms with Gasteiger partial charge in [-0.2, -0.15) is 0 Å². The van der Waals surface area contributed by atoms with Crippen molar-refractivity contribution in [3.05, 3.63) is 95.6 Å². The fourth-order valence-corrected chi connectivity index (χ4v) is 2.13. The van der Waals surface area contributed by atoms with Crippen molar-refractivity contribution in [1.82, 2.24) is 0 Å². The summed E-state index contributed by atoms with van der Waals surface area (Å²) in [4.78, 5) is 10.5. The summed E-state index contributed by atoms with van der Waals surface area (Å²) in [6, 6.07) is 24.9. The Bertz CT molecular complexity index is 786. The average molecular weight is 299 g/mol. The van der Waals surface area contributed by atoms with Crippen molar-refractivity contribution in [2.45, 2.75) is 0 Å². The molecule has 0 aromatic heterocycles. The Hall–Kier alpha value is -3.13. The number of rotatable bonds is 5. The van der Waals surface area contributed by atoms with Crippen LogP contribution < -0.4 is 4.74 Å². The molecule has 3 aromatic carbocycles. The minimum absolute atomic E-state index is 0.513. The van der Waals surface area contributed by atoms with Crippen molar-refractivity contribution in [1.29, 1.82) is 0 Å². The predicted octanol–water partition coefficient (Wildman–Crippen LogP) is 5.11. The summed E-state index contributed by atoms with van der Waals surface area (Å²) in [5, 5.41) is 0. The second kappa shape index (κ2) is 7.23. The highest BCUT2D eigenvalue weighted by molar-refractivity contribution is 5.75. The minimum Gasteiger partial charge on any atom is -0.457 e. The number of hydrogen-bond acceptors (Lipinski definition) is 2. The van der Waals surface area contributed by atoms with Crippen LogP contribution in [0.3, 0.4) is 0 Å². The number of hydrogen-bond donors (Lipinski definition) is 0. The SMILES string of the molecule is O=[C]c1ccc(Oc2ccc(C=Cc3ccccc3)cc2)cc1. The van der Waals surface area contributed by atoms with E-state index in [2.05, 4.69) is 24.3 Å². The Morgan fingerprint density at radius 1 is 0.652 bits per heavy atom. The van der Waals surface area contributed by atoms with Crippen molar-refractivity contribution < 1.29 is 9.53 Å². The van der Waals surface area contributed by atoms with E-state index in [0.29, 0.717) is 11.3 Å². The van der Waals surface area contributed by atoms with Gasteiger partial charge in [0.15, 0.2) is 0 Å². The number of carbonyl (C=O) groups excluding carboxylic acids is 1. The van der Waals surface area contributed by atoms with E-state index in [4.69, 9.17) is 4.74 Å². The topological polar surface area (TPSA) is 26.3 Å². The molecule has 0 aliphatic rings. The lowest BCUT2D eigenvalue weighted by atomic mass is 10.1. The molecule has 3 aromatic rings. The Morgan fingerprint density at radius 2 is 1.17 bits per heavy atom. The van der Waals surface area contributed by atoms with Gasteiger partial charge in [-0.1, -0.05) is 54.6 Å². The van der Waals surface area contributed by atoms with Crippen LogP contribution in [0.5, 0.6) is 11.5 Å². The van der Waals surface area contributed by atoms with Crippen LogP contribution in [-0.4, -0.2) is 6.29 Å². The van der Waals surface area contributed by atoms with E-state index in [1.807, 2.05) is 48.8 Å². The van der Waals surface area contributed by atoms with Gasteiger partial charge < -0.3 is 4.74 Å². The van der Waals surface area contributed by atoms with E-state index in [9.17, 15) is 4.79 Å². The molecule has 0 amide bonds. The average Bonchev–Trinajstić information content (AvgIpc) is 2.63. The van der Waals surface area contributed by atoms with Crippen LogP contribution in [-0.2, 0) is 4.79 Å². The highest BCUT2D eigenvalue weighted by atomic mass is 16.5. The normalized spacial score (nSPS) is 10.6. The summed E-state index contributed by atoms with van der Waals surface area (Å²) in [6.45, 7) is 0. The lowest BCUT2D eigenvalue weighted by Gasteiger charge is -2.05. The van der Waals surface area contributed by atoms with Gasteiger partial charge in [0, 0.05) is 5.56 Å². The molecule has 0 fully saturated rings. The molecule has 0 aliphatic heterocycles. The first kappa shape index (κ1) is 14.8. The zero-order valence-electron chi connectivity index (χ0n) is 12.5. The molecule has 0 unspecified atom stereocenters. The maximum Gasteiger partial charge on any atom is 0.233 e. The number of benzene rings is 3. The summed E-state index contributed by atoms with van der Waals surface area (Å²) in [5.74, 6) is 1.45. The molecule has 0 bridgehead atoms. The summed E-state index contributed by atoms with van der Waals surface area (Å²) in [5.41, 5.74) is 2.78. The standard InChI is InChI=1S/C21H15O2/c22-16-19-10-14-21(15-11-19)23-20-12-8-18(9-13-20)7-6-17-4-2-1-3-5-17/h1-15H. The Labute approximate surface area is 135 Å². The summed E-state index contributed by atoms with van der Waals surface area (Å²) >= 11 is 0. The first-order valence-electron chi connectivity index (χ1n) is 7.33. The summed E-state index contributed by atoms with van der Waals surface area (Å²) in [6.07, 6.45) is 5.98. The fraction of sp³-hybridized carbons (Fsp3) is 0. The molecule has 111 valence electrons. The van der Waals surface area contributed by atoms with Gasteiger partial charge in [-0.15, -0.1) is 0 Å². The highest BCUT2D eigenvalue weighted by Gasteiger charge is 1.98. The third-order valence-electron chi connectivity index (χ3n) is 3.36. The second-order valence-corrected chi connectivity index (χ2v) is 5.04. The van der Waals surface area contributed by atoms with E-state index < -0.39 is 0 Å². The molecule has 23 heavy (non-hydrogen) atoms. The molecule has 0 spiro atoms. The third-order valence-corrected chi connectivity index (χ3v) is 3.36. The van der Waals surface area contributed by atoms with Gasteiger partial charge in [0.25, 0.3) is 0 Å². The van der Waals surface area contributed by atoms with E-state index in [1.54, 1.807) is 24.3 Å². The molecule has 1 radical (unpaired) electrons. The molecule has 0 atom stereocenters. The molecule has 0 saturated carbocycles. The Balaban J connectivity index is 1.66. The monoisotopic (exact) mass is 299 g/mol. The molecule has 2 nitrogen and oxygen atoms in total. The Morgan fingerprint density at radius 3 is 1.74 bits per heavy atom. The summed E-state index contributed by atoms with van der Waals surface area (Å²) in [7, 11) is 0. The molecular formula is C21H15O2. The first-order chi connectivity index (χ1) is 11.3. The second-order valence-electron chi connectivity index (χ2n) is 5.04. The van der Waals surface area contributed by atoms with E-state index in [1.165, 1.54) is 5.56 Å². The zero-order valence-corrected chi connectivity index (χ0v) is 12.5. The molecule has 2 heteroatoms. The van der Waals surface area contributed by atoms with Crippen LogP contribution in [0.4, 0.5) is 0 Å². The van der Waals surface area contributed by atoms with Gasteiger partial charge in [-0.05, 0) is 47.5 Å². The smallest absolute Gasteiger partial charge is 0.233 e. The highest BCUT2D eigenvalue weighted by Crippen LogP contribution is 2.22. The van der Waals surface area contributed by atoms with E-state index >= 15 is 0 Å². The van der Waals surface area contributed by atoms with Crippen LogP contribution in [0.25, 0.3) is 12.2 Å². The van der Waals surface area contributed by atoms with Crippen molar-refractivity contribution in [3.63, 3.8) is 0 Å². The third kappa shape index (κ3) is 4.17. The van der Waals surface area contributed by atoms with Crippen molar-refractivity contribution in [2.24, 2.45) is 0 Å². The lowest BCUT2D eigenvalue weighted by molar-refractivity contribution is 0.482. The van der Waals surface area contributed by atoms with E-state index in [-0.39, 0.29) is 0 Å². The fourth-order valence-electron chi connectivity index (χ4n) is 2.13. The van der Waals surface area contributed by atoms with Crippen LogP contribution >= 0.6 is 0 Å². The zero-order chi connectivity index (χ0) is 15.9. The van der Waals surface area contributed by atoms with Crippen molar-refractivity contribution in [2.75, 3.05) is 0 Å². The van der Waals surface area contributed by atoms with Crippen LogP contribution in [0, 0.1) is 0 Å². The molecule has 3 rings (SSSR count). The lowest BCUT2D eigenvalue weighted by Crippen LogP contribution is -1.85. The van der Waals surface area contributed by atoms with Crippen molar-refractivity contribution >= 4 is 18.4 Å². The van der Waals surface area contributed by atoms with Crippen LogP contribution in [0.1, 0.15) is 16.7 Å². The molecule has 0 N–H and O–H groups in total. The molecule has 0 aliphatic carbocycles. The molecule has 0 saturated heterocycles. The minimum atomic E-state index is 0.513. The maximum absolute atomic E-state index is 10.5. The molecular weight excluding hydrogens is 284 g/mol. The maximum atomic E-state index is 10.5. The quantitative estimate of drug-likeness (QED) is 0.612. The Kier molecular flexibility index (Phi) is 4.65. The van der Waals surface area contributed by atoms with Gasteiger partial charge in [0.2, 0.25) is 6.29 Å². The van der Waals surface area contributed by atoms with E-state index in [0.717, 1.165) is 11.3 Å². The summed E-state index contributed by atoms with van der Waals surface area (Å²) < 4.78 is 5.74. The van der Waals surface area contributed by atoms with Gasteiger partial charge in [0.05, 0.1) is 0 Å². The number of ether oxygens (including phenoxy) is 1. The van der Waals surface area contributed by atoms with Gasteiger partial charge in [-0.3, -0.25) is 4.79 Å². The van der Waals surface area contributed by atoms with Gasteiger partial charge in [0.1, 0.15) is 11.5 Å². The van der Waals surface area contributed by atoms with Gasteiger partial charge in [-0.25, -0.2) is 0 Å². The first-order valence-corrected chi connectivity index (χ1v) is 7.33. The van der Waals surface area contributed by atoms with Crippen LogP contribution in [0.2, 0.25) is 0 Å². The molecule has 0 heterocycles. The van der Waals surface area contributed by atoms with Gasteiger partial charge >= 0.3 is 0 Å². The largest absolute Gasteiger partial charge is 0.457 e. The van der Waals surface area contributed by atoms with Crippen molar-refractivity contribution in [3.8, 4) is 11.5 Å².